The minimum absolute atomic E-state index is 0.264. The van der Waals surface area contributed by atoms with E-state index in [-0.39, 0.29) is 4.91 Å². The summed E-state index contributed by atoms with van der Waals surface area (Å²) in [5, 5.41) is 1.86. The summed E-state index contributed by atoms with van der Waals surface area (Å²) in [7, 11) is -6.88. The summed E-state index contributed by atoms with van der Waals surface area (Å²) in [6.45, 7) is 1.19. The van der Waals surface area contributed by atoms with Gasteiger partial charge in [0.05, 0.1) is 4.91 Å². The highest BCUT2D eigenvalue weighted by molar-refractivity contribution is 7.97. The first kappa shape index (κ1) is 10.6. The molecule has 0 saturated carbocycles. The third kappa shape index (κ3) is 4.97. The molecule has 65 valence electrons. The maximum Gasteiger partial charge on any atom is 0.177 e. The van der Waals surface area contributed by atoms with Crippen LogP contribution in [-0.2, 0) is 19.7 Å². The molecular weight excluding hydrogens is 188 g/mol. The summed E-state index contributed by atoms with van der Waals surface area (Å²) in [5.41, 5.74) is 0. The van der Waals surface area contributed by atoms with Crippen LogP contribution in [0.25, 0.3) is 0 Å². The Morgan fingerprint density at radius 1 is 1.09 bits per heavy atom. The molecule has 0 bridgehead atoms. The van der Waals surface area contributed by atoms with Crippen molar-refractivity contribution < 1.29 is 16.8 Å². The Morgan fingerprint density at radius 3 is 1.55 bits per heavy atom. The van der Waals surface area contributed by atoms with Crippen LogP contribution in [-0.4, -0.2) is 29.3 Å². The van der Waals surface area contributed by atoms with Crippen LogP contribution in [0, 0.1) is 5.41 Å². The fourth-order valence-corrected chi connectivity index (χ4v) is 1.92. The number of sulfone groups is 2. The number of allylic oxidation sites excluding steroid dienone is 1. The third-order valence-corrected chi connectivity index (χ3v) is 2.91. The van der Waals surface area contributed by atoms with Gasteiger partial charge in [0.2, 0.25) is 0 Å². The molecule has 0 aromatic heterocycles. The van der Waals surface area contributed by atoms with Gasteiger partial charge in [-0.2, -0.15) is 0 Å². The molecule has 0 heterocycles. The van der Waals surface area contributed by atoms with Gasteiger partial charge < -0.3 is 0 Å². The standard InChI is InChI=1S/C5H9O4S2/c1-5(11(3,8)9)4-10(2,6)7/h1-3H3. The highest BCUT2D eigenvalue weighted by atomic mass is 32.2. The van der Waals surface area contributed by atoms with Crippen LogP contribution < -0.4 is 0 Å². The Balaban J connectivity index is 5.11. The van der Waals surface area contributed by atoms with Crippen LogP contribution >= 0.6 is 0 Å². The molecule has 6 heteroatoms. The summed E-state index contributed by atoms with van der Waals surface area (Å²) in [6, 6.07) is 0. The molecule has 0 spiro atoms. The molecule has 0 amide bonds. The van der Waals surface area contributed by atoms with Crippen molar-refractivity contribution >= 4 is 19.7 Å². The van der Waals surface area contributed by atoms with E-state index in [1.807, 2.05) is 5.41 Å². The van der Waals surface area contributed by atoms with Gasteiger partial charge in [-0.25, -0.2) is 16.8 Å². The number of hydrogen-bond donors (Lipinski definition) is 0. The minimum atomic E-state index is -3.47. The maximum absolute atomic E-state index is 10.6. The van der Waals surface area contributed by atoms with Gasteiger partial charge in [-0.15, -0.1) is 0 Å². The van der Waals surface area contributed by atoms with E-state index in [1.165, 1.54) is 6.92 Å². The molecule has 1 radical (unpaired) electrons. The van der Waals surface area contributed by atoms with Crippen molar-refractivity contribution in [2.24, 2.45) is 0 Å². The highest BCUT2D eigenvalue weighted by Gasteiger charge is 2.08. The van der Waals surface area contributed by atoms with Crippen molar-refractivity contribution in [3.05, 3.63) is 10.3 Å². The quantitative estimate of drug-likeness (QED) is 0.611. The van der Waals surface area contributed by atoms with Crippen molar-refractivity contribution in [2.75, 3.05) is 12.5 Å². The predicted molar refractivity (Wildman–Crippen MR) is 42.1 cm³/mol. The summed E-state index contributed by atoms with van der Waals surface area (Å²) >= 11 is 0. The second kappa shape index (κ2) is 2.94. The summed E-state index contributed by atoms with van der Waals surface area (Å²) in [6.07, 6.45) is 1.82. The molecule has 0 atom stereocenters. The van der Waals surface area contributed by atoms with Gasteiger partial charge in [0.1, 0.15) is 5.41 Å². The molecule has 0 unspecified atom stereocenters. The summed E-state index contributed by atoms with van der Waals surface area (Å²) < 4.78 is 42.3. The lowest BCUT2D eigenvalue weighted by molar-refractivity contribution is 0.603. The lowest BCUT2D eigenvalue weighted by atomic mass is 10.8. The van der Waals surface area contributed by atoms with Gasteiger partial charge in [-0.1, -0.05) is 0 Å². The number of hydrogen-bond acceptors (Lipinski definition) is 4. The van der Waals surface area contributed by atoms with Crippen LogP contribution in [0.4, 0.5) is 0 Å². The van der Waals surface area contributed by atoms with Crippen molar-refractivity contribution in [3.63, 3.8) is 0 Å². The Labute approximate surface area is 66.8 Å². The zero-order chi connectivity index (χ0) is 9.28. The smallest absolute Gasteiger partial charge is 0.177 e. The largest absolute Gasteiger partial charge is 0.224 e. The van der Waals surface area contributed by atoms with Crippen molar-refractivity contribution in [3.8, 4) is 0 Å². The lowest BCUT2D eigenvalue weighted by Gasteiger charge is -1.93. The normalized spacial score (nSPS) is 15.0. The molecule has 4 nitrogen and oxygen atoms in total. The van der Waals surface area contributed by atoms with Gasteiger partial charge in [-0.3, -0.25) is 0 Å². The summed E-state index contributed by atoms with van der Waals surface area (Å²) in [5.74, 6) is 0. The third-order valence-electron chi connectivity index (χ3n) is 0.885. The molecule has 0 N–H and O–H groups in total. The minimum Gasteiger partial charge on any atom is -0.224 e. The van der Waals surface area contributed by atoms with Gasteiger partial charge in [0.25, 0.3) is 0 Å². The van der Waals surface area contributed by atoms with Crippen molar-refractivity contribution in [1.82, 2.24) is 0 Å². The van der Waals surface area contributed by atoms with E-state index in [9.17, 15) is 16.8 Å². The van der Waals surface area contributed by atoms with Gasteiger partial charge in [0.15, 0.2) is 19.7 Å². The molecule has 0 aliphatic carbocycles. The fourth-order valence-electron chi connectivity index (χ4n) is 0.337. The van der Waals surface area contributed by atoms with E-state index in [0.29, 0.717) is 0 Å². The van der Waals surface area contributed by atoms with Gasteiger partial charge in [-0.05, 0) is 6.92 Å². The topological polar surface area (TPSA) is 68.3 Å². The number of rotatable bonds is 2. The van der Waals surface area contributed by atoms with Crippen LogP contribution in [0.1, 0.15) is 6.92 Å². The monoisotopic (exact) mass is 197 g/mol. The molecule has 11 heavy (non-hydrogen) atoms. The van der Waals surface area contributed by atoms with Gasteiger partial charge in [0, 0.05) is 12.5 Å². The first-order chi connectivity index (χ1) is 4.63. The molecule has 0 rings (SSSR count). The van der Waals surface area contributed by atoms with E-state index in [2.05, 4.69) is 0 Å². The lowest BCUT2D eigenvalue weighted by Crippen LogP contribution is -2.01. The van der Waals surface area contributed by atoms with Crippen LogP contribution in [0.2, 0.25) is 0 Å². The Morgan fingerprint density at radius 2 is 1.45 bits per heavy atom. The predicted octanol–water partition coefficient (Wildman–Crippen LogP) is -0.260. The average Bonchev–Trinajstić information content (AvgIpc) is 1.56. The molecule has 0 aliphatic heterocycles. The van der Waals surface area contributed by atoms with Crippen molar-refractivity contribution in [1.29, 1.82) is 0 Å². The molecule has 0 saturated heterocycles. The second-order valence-corrected chi connectivity index (χ2v) is 6.11. The Hall–Kier alpha value is -0.360. The van der Waals surface area contributed by atoms with E-state index < -0.39 is 19.7 Å². The molecular formula is C5H9O4S2. The van der Waals surface area contributed by atoms with Crippen molar-refractivity contribution in [2.45, 2.75) is 6.92 Å². The SMILES string of the molecule is CC(=[C]S(C)(=O)=O)S(C)(=O)=O. The summed E-state index contributed by atoms with van der Waals surface area (Å²) in [4.78, 5) is -0.264. The first-order valence-corrected chi connectivity index (χ1v) is 6.42. The van der Waals surface area contributed by atoms with E-state index in [1.54, 1.807) is 0 Å². The fraction of sp³-hybridized carbons (Fsp3) is 0.600. The molecule has 0 aliphatic rings. The van der Waals surface area contributed by atoms with E-state index in [4.69, 9.17) is 0 Å². The Kier molecular flexibility index (Phi) is 2.85. The van der Waals surface area contributed by atoms with Crippen LogP contribution in [0.3, 0.4) is 0 Å². The zero-order valence-electron chi connectivity index (χ0n) is 6.45. The van der Waals surface area contributed by atoms with E-state index >= 15 is 0 Å². The maximum atomic E-state index is 10.6. The zero-order valence-corrected chi connectivity index (χ0v) is 8.08. The van der Waals surface area contributed by atoms with Gasteiger partial charge >= 0.3 is 0 Å². The average molecular weight is 197 g/mol. The van der Waals surface area contributed by atoms with Crippen LogP contribution in [0.15, 0.2) is 4.91 Å². The molecule has 0 fully saturated rings. The molecule has 0 aromatic rings. The van der Waals surface area contributed by atoms with E-state index in [0.717, 1.165) is 12.5 Å². The second-order valence-electron chi connectivity index (χ2n) is 2.20. The van der Waals surface area contributed by atoms with Crippen LogP contribution in [0.5, 0.6) is 0 Å². The molecule has 0 aromatic carbocycles. The Bertz CT molecular complexity index is 357. The highest BCUT2D eigenvalue weighted by Crippen LogP contribution is 2.03. The first-order valence-electron chi connectivity index (χ1n) is 2.64.